The van der Waals surface area contributed by atoms with Gasteiger partial charge in [0.15, 0.2) is 11.6 Å². The summed E-state index contributed by atoms with van der Waals surface area (Å²) in [6.07, 6.45) is 2.15. The van der Waals surface area contributed by atoms with Gasteiger partial charge in [0.1, 0.15) is 0 Å². The summed E-state index contributed by atoms with van der Waals surface area (Å²) in [7, 11) is 0. The van der Waals surface area contributed by atoms with E-state index >= 15 is 0 Å². The van der Waals surface area contributed by atoms with Gasteiger partial charge in [-0.05, 0) is 24.5 Å². The molecule has 2 aromatic rings. The lowest BCUT2D eigenvalue weighted by atomic mass is 9.75. The minimum Gasteiger partial charge on any atom is -0.294 e. The minimum atomic E-state index is -0.287. The van der Waals surface area contributed by atoms with E-state index in [9.17, 15) is 4.79 Å². The fraction of sp³-hybridized carbons (Fsp3) is 0.400. The molecule has 0 aliphatic heterocycles. The fourth-order valence-corrected chi connectivity index (χ4v) is 3.02. The zero-order valence-corrected chi connectivity index (χ0v) is 12.5. The van der Waals surface area contributed by atoms with E-state index in [1.165, 1.54) is 0 Å². The van der Waals surface area contributed by atoms with E-state index in [1.807, 2.05) is 39.0 Å². The first kappa shape index (κ1) is 13.3. The molecule has 1 aliphatic carbocycles. The van der Waals surface area contributed by atoms with Crippen molar-refractivity contribution < 1.29 is 4.79 Å². The van der Waals surface area contributed by atoms with E-state index in [4.69, 9.17) is 11.6 Å². The van der Waals surface area contributed by atoms with Crippen molar-refractivity contribution in [3.63, 3.8) is 0 Å². The molecule has 2 heterocycles. The molecule has 0 radical (unpaired) electrons. The summed E-state index contributed by atoms with van der Waals surface area (Å²) in [5.41, 5.74) is 1.86. The Hall–Kier alpha value is -1.68. The van der Waals surface area contributed by atoms with Crippen molar-refractivity contribution in [2.24, 2.45) is 5.41 Å². The first-order valence-corrected chi connectivity index (χ1v) is 7.03. The van der Waals surface area contributed by atoms with Crippen LogP contribution < -0.4 is 0 Å². The summed E-state index contributed by atoms with van der Waals surface area (Å²) in [5.74, 6) is 0.801. The predicted molar refractivity (Wildman–Crippen MR) is 77.4 cm³/mol. The van der Waals surface area contributed by atoms with Crippen LogP contribution in [0.1, 0.15) is 47.4 Å². The second-order valence-corrected chi connectivity index (χ2v) is 6.33. The van der Waals surface area contributed by atoms with Crippen molar-refractivity contribution in [3.05, 3.63) is 41.3 Å². The van der Waals surface area contributed by atoms with E-state index in [2.05, 4.69) is 10.1 Å². The summed E-state index contributed by atoms with van der Waals surface area (Å²) in [5, 5.41) is 4.21. The van der Waals surface area contributed by atoms with Crippen molar-refractivity contribution >= 4 is 17.4 Å². The molecule has 0 spiro atoms. The van der Waals surface area contributed by atoms with Gasteiger partial charge >= 0.3 is 0 Å². The van der Waals surface area contributed by atoms with Gasteiger partial charge in [-0.1, -0.05) is 19.9 Å². The van der Waals surface area contributed by atoms with Crippen LogP contribution in [0.3, 0.4) is 0 Å². The smallest absolute Gasteiger partial charge is 0.167 e. The highest BCUT2D eigenvalue weighted by molar-refractivity contribution is 6.23. The zero-order chi connectivity index (χ0) is 14.5. The first-order chi connectivity index (χ1) is 9.42. The molecule has 0 aromatic carbocycles. The molecule has 1 atom stereocenters. The average Bonchev–Trinajstić information content (AvgIpc) is 2.75. The maximum atomic E-state index is 12.4. The Morgan fingerprint density at radius 1 is 1.40 bits per heavy atom. The van der Waals surface area contributed by atoms with Gasteiger partial charge < -0.3 is 0 Å². The number of pyridine rings is 1. The van der Waals surface area contributed by atoms with Gasteiger partial charge in [-0.3, -0.25) is 4.79 Å². The van der Waals surface area contributed by atoms with Crippen LogP contribution in [-0.2, 0) is 0 Å². The van der Waals surface area contributed by atoms with Crippen molar-refractivity contribution in [3.8, 4) is 5.82 Å². The summed E-state index contributed by atoms with van der Waals surface area (Å²) >= 11 is 6.63. The van der Waals surface area contributed by atoms with Gasteiger partial charge in [0.05, 0.1) is 22.3 Å². The lowest BCUT2D eigenvalue weighted by Gasteiger charge is -2.34. The number of rotatable bonds is 1. The molecule has 1 unspecified atom stereocenters. The number of aromatic nitrogens is 3. The van der Waals surface area contributed by atoms with Gasteiger partial charge in [0.25, 0.3) is 0 Å². The number of carbonyl (C=O) groups excluding carboxylic acids is 1. The predicted octanol–water partition coefficient (Wildman–Crippen LogP) is 3.47. The minimum absolute atomic E-state index is 0.113. The number of ketones is 1. The average molecular weight is 290 g/mol. The molecule has 0 amide bonds. The molecule has 0 saturated carbocycles. The lowest BCUT2D eigenvalue weighted by Crippen LogP contribution is -2.30. The maximum Gasteiger partial charge on any atom is 0.167 e. The number of carbonyl (C=O) groups is 1. The third-order valence-corrected chi connectivity index (χ3v) is 4.58. The van der Waals surface area contributed by atoms with Crippen LogP contribution in [0, 0.1) is 12.3 Å². The summed E-state index contributed by atoms with van der Waals surface area (Å²) in [6, 6.07) is 5.60. The van der Waals surface area contributed by atoms with E-state index in [1.54, 1.807) is 10.9 Å². The van der Waals surface area contributed by atoms with Gasteiger partial charge in [-0.2, -0.15) is 5.10 Å². The topological polar surface area (TPSA) is 47.8 Å². The Morgan fingerprint density at radius 3 is 2.80 bits per heavy atom. The Kier molecular flexibility index (Phi) is 2.94. The number of nitrogens with zero attached hydrogens (tertiary/aromatic N) is 3. The van der Waals surface area contributed by atoms with E-state index in [0.717, 1.165) is 11.4 Å². The van der Waals surface area contributed by atoms with Gasteiger partial charge in [-0.25, -0.2) is 9.67 Å². The molecule has 0 fully saturated rings. The summed E-state index contributed by atoms with van der Waals surface area (Å²) in [6.45, 7) is 5.87. The van der Waals surface area contributed by atoms with Gasteiger partial charge in [-0.15, -0.1) is 11.6 Å². The van der Waals surface area contributed by atoms with Crippen molar-refractivity contribution in [2.45, 2.75) is 32.6 Å². The third-order valence-electron chi connectivity index (χ3n) is 3.78. The number of alkyl halides is 1. The highest BCUT2D eigenvalue weighted by atomic mass is 35.5. The second-order valence-electron chi connectivity index (χ2n) is 5.90. The number of aryl methyl sites for hydroxylation is 1. The first-order valence-electron chi connectivity index (χ1n) is 6.60. The monoisotopic (exact) mass is 289 g/mol. The third kappa shape index (κ3) is 1.86. The molecular weight excluding hydrogens is 274 g/mol. The molecule has 5 heteroatoms. The van der Waals surface area contributed by atoms with Crippen LogP contribution in [0.2, 0.25) is 0 Å². The normalized spacial score (nSPS) is 20.8. The molecule has 0 N–H and O–H groups in total. The molecule has 1 aliphatic rings. The van der Waals surface area contributed by atoms with Crippen molar-refractivity contribution in [2.75, 3.05) is 0 Å². The molecule has 20 heavy (non-hydrogen) atoms. The van der Waals surface area contributed by atoms with E-state index in [-0.39, 0.29) is 16.6 Å². The molecule has 3 rings (SSSR count). The number of halogens is 1. The quantitative estimate of drug-likeness (QED) is 0.755. The number of fused-ring (bicyclic) bond motifs is 1. The van der Waals surface area contributed by atoms with Gasteiger partial charge in [0, 0.05) is 12.6 Å². The molecule has 104 valence electrons. The zero-order valence-electron chi connectivity index (χ0n) is 11.7. The standard InChI is InChI=1S/C15H16ClN3O/c1-9-12-10(20)8-15(2,3)14(16)13(12)19(18-9)11-6-4-5-7-17-11/h4-7,14H,8H2,1-3H3. The van der Waals surface area contributed by atoms with Crippen LogP contribution in [0.5, 0.6) is 0 Å². The summed E-state index contributed by atoms with van der Waals surface area (Å²) < 4.78 is 1.71. The Labute approximate surface area is 122 Å². The Bertz CT molecular complexity index is 676. The number of hydrogen-bond acceptors (Lipinski definition) is 3. The fourth-order valence-electron chi connectivity index (χ4n) is 2.74. The highest BCUT2D eigenvalue weighted by Crippen LogP contribution is 2.48. The van der Waals surface area contributed by atoms with Crippen LogP contribution >= 0.6 is 11.6 Å². The SMILES string of the molecule is Cc1nn(-c2ccccn2)c2c1C(=O)CC(C)(C)C2Cl. The van der Waals surface area contributed by atoms with Crippen LogP contribution in [0.15, 0.2) is 24.4 Å². The van der Waals surface area contributed by atoms with Gasteiger partial charge in [0.2, 0.25) is 0 Å². The molecule has 4 nitrogen and oxygen atoms in total. The molecule has 0 bridgehead atoms. The van der Waals surface area contributed by atoms with Crippen molar-refractivity contribution in [1.82, 2.24) is 14.8 Å². The Balaban J connectivity index is 2.26. The lowest BCUT2D eigenvalue weighted by molar-refractivity contribution is 0.0905. The van der Waals surface area contributed by atoms with Crippen LogP contribution in [0.4, 0.5) is 0 Å². The number of Topliss-reactive ketones (excluding diaryl/α,β-unsaturated/α-hetero) is 1. The largest absolute Gasteiger partial charge is 0.294 e. The molecule has 0 saturated heterocycles. The van der Waals surface area contributed by atoms with E-state index in [0.29, 0.717) is 17.8 Å². The second kappa shape index (κ2) is 4.42. The molecule has 2 aromatic heterocycles. The van der Waals surface area contributed by atoms with Crippen molar-refractivity contribution in [1.29, 1.82) is 0 Å². The highest BCUT2D eigenvalue weighted by Gasteiger charge is 2.43. The Morgan fingerprint density at radius 2 is 2.15 bits per heavy atom. The van der Waals surface area contributed by atoms with E-state index < -0.39 is 0 Å². The van der Waals surface area contributed by atoms with Crippen LogP contribution in [0.25, 0.3) is 5.82 Å². The molecular formula is C15H16ClN3O. The van der Waals surface area contributed by atoms with Crippen LogP contribution in [-0.4, -0.2) is 20.5 Å². The summed E-state index contributed by atoms with van der Waals surface area (Å²) in [4.78, 5) is 16.7. The maximum absolute atomic E-state index is 12.4. The number of hydrogen-bond donors (Lipinski definition) is 0.